The molecule has 3 atom stereocenters. The summed E-state index contributed by atoms with van der Waals surface area (Å²) in [5.41, 5.74) is 11.6. The lowest BCUT2D eigenvalue weighted by Crippen LogP contribution is -2.52. The van der Waals surface area contributed by atoms with Gasteiger partial charge in [0, 0.05) is 43.9 Å². The normalized spacial score (nSPS) is 15.1. The van der Waals surface area contributed by atoms with Gasteiger partial charge in [0.1, 0.15) is 28.7 Å². The van der Waals surface area contributed by atoms with E-state index in [4.69, 9.17) is 10.5 Å². The first-order valence-corrected chi connectivity index (χ1v) is 22.3. The number of carbonyl (C=O) groups excluding carboxylic acids is 5. The Morgan fingerprint density at radius 3 is 2.23 bits per heavy atom. The highest BCUT2D eigenvalue weighted by molar-refractivity contribution is 8.15. The Labute approximate surface area is 366 Å². The topological polar surface area (TPSA) is 255 Å². The van der Waals surface area contributed by atoms with E-state index in [-0.39, 0.29) is 44.4 Å². The molecule has 1 aromatic heterocycles. The monoisotopic (exact) mass is 885 g/mol. The number of nitrogens with zero attached hydrogens (tertiary/aromatic N) is 2. The van der Waals surface area contributed by atoms with Crippen LogP contribution in [0.4, 0.5) is 10.5 Å². The number of fused-ring (bicyclic) bond motifs is 4. The maximum absolute atomic E-state index is 13.4. The Balaban J connectivity index is 0.979. The van der Waals surface area contributed by atoms with Crippen molar-refractivity contribution >= 4 is 79.7 Å². The summed E-state index contributed by atoms with van der Waals surface area (Å²) >= 11 is 2.79. The number of aliphatic imine (C=N–C) groups is 1. The second-order valence-corrected chi connectivity index (χ2v) is 16.8. The molecular formula is C43H51N9O8S2. The number of anilines is 1. The fraction of sp³-hybridized carbons (Fsp3) is 0.395. The molecule has 1 aliphatic carbocycles. The number of nitrogens with two attached hydrogens (primary N) is 1. The second kappa shape index (κ2) is 22.2. The third kappa shape index (κ3) is 12.3. The molecular weight excluding hydrogens is 835 g/mol. The number of carboxylic acid groups (broad SMARTS) is 1. The number of thiazole rings is 1. The number of unbranched alkanes of at least 4 members (excludes halogenated alkanes) is 1. The Morgan fingerprint density at radius 1 is 0.839 bits per heavy atom. The molecule has 2 heterocycles. The minimum absolute atomic E-state index is 0.0659. The molecule has 19 heteroatoms. The number of benzene rings is 3. The molecule has 328 valence electrons. The van der Waals surface area contributed by atoms with Gasteiger partial charge < -0.3 is 47.5 Å². The van der Waals surface area contributed by atoms with Crippen molar-refractivity contribution in [3.63, 3.8) is 0 Å². The summed E-state index contributed by atoms with van der Waals surface area (Å²) in [7, 11) is 0. The van der Waals surface area contributed by atoms with Crippen LogP contribution >= 0.6 is 23.1 Å². The van der Waals surface area contributed by atoms with Crippen LogP contribution in [-0.2, 0) is 28.7 Å². The van der Waals surface area contributed by atoms with E-state index < -0.39 is 54.5 Å². The van der Waals surface area contributed by atoms with E-state index in [9.17, 15) is 33.9 Å². The number of carboxylic acids is 1. The van der Waals surface area contributed by atoms with Crippen molar-refractivity contribution in [1.82, 2.24) is 31.6 Å². The van der Waals surface area contributed by atoms with E-state index in [2.05, 4.69) is 41.9 Å². The van der Waals surface area contributed by atoms with Crippen LogP contribution in [0.3, 0.4) is 0 Å². The van der Waals surface area contributed by atoms with E-state index in [0.717, 1.165) is 38.2 Å². The lowest BCUT2D eigenvalue weighted by molar-refractivity contribution is -0.137. The Bertz CT molecular complexity index is 2260. The molecule has 9 N–H and O–H groups in total. The van der Waals surface area contributed by atoms with Crippen LogP contribution in [-0.4, -0.2) is 114 Å². The van der Waals surface area contributed by atoms with Crippen LogP contribution in [0.5, 0.6) is 0 Å². The largest absolute Gasteiger partial charge is 0.480 e. The molecule has 3 unspecified atom stereocenters. The van der Waals surface area contributed by atoms with Gasteiger partial charge in [0.05, 0.1) is 16.8 Å². The van der Waals surface area contributed by atoms with Crippen LogP contribution in [0.2, 0.25) is 0 Å². The molecule has 17 nitrogen and oxygen atoms in total. The molecule has 1 aliphatic heterocycles. The van der Waals surface area contributed by atoms with Gasteiger partial charge >= 0.3 is 12.1 Å². The van der Waals surface area contributed by atoms with Crippen molar-refractivity contribution in [2.24, 2.45) is 10.7 Å². The zero-order valence-electron chi connectivity index (χ0n) is 34.2. The standard InChI is InChI=1S/C43H51N9O8S2/c1-25(53)45-18-7-6-13-33(38(55)47-20-19-46-26-15-16-32-36(21-26)62-41(50-32)40-51-35(24-61-40)42(57)58)49-37(54)22-48-39(56)34(14-8-17-44)52-43(59)60-23-31-29-11-4-2-9-27(29)28-10-3-5-12-30(28)31/h2-5,9-12,15-16,21,31,33-35,46H,6-8,13-14,17-20,22-24,44H2,1H3,(H,45,53)(H,47,55)(H,48,56)(H,49,54)(H,52,59)(H,57,58). The van der Waals surface area contributed by atoms with Crippen molar-refractivity contribution in [3.8, 4) is 11.1 Å². The summed E-state index contributed by atoms with van der Waals surface area (Å²) < 4.78 is 6.54. The van der Waals surface area contributed by atoms with Gasteiger partial charge in [-0.3, -0.25) is 24.2 Å². The number of hydrogen-bond donors (Lipinski definition) is 8. The number of ether oxygens (including phenoxy) is 1. The van der Waals surface area contributed by atoms with Gasteiger partial charge in [-0.05, 0) is 79.1 Å². The Morgan fingerprint density at radius 2 is 1.53 bits per heavy atom. The van der Waals surface area contributed by atoms with Crippen molar-refractivity contribution in [2.75, 3.05) is 50.4 Å². The highest BCUT2D eigenvalue weighted by Crippen LogP contribution is 2.44. The Hall–Kier alpha value is -6.05. The van der Waals surface area contributed by atoms with Crippen LogP contribution in [0.1, 0.15) is 61.1 Å². The molecule has 0 saturated carbocycles. The second-order valence-electron chi connectivity index (χ2n) is 14.8. The average Bonchev–Trinajstić information content (AvgIpc) is 4.01. The maximum atomic E-state index is 13.4. The van der Waals surface area contributed by atoms with E-state index in [1.54, 1.807) is 0 Å². The summed E-state index contributed by atoms with van der Waals surface area (Å²) in [6.07, 6.45) is 1.25. The predicted molar refractivity (Wildman–Crippen MR) is 239 cm³/mol. The number of hydrogen-bond acceptors (Lipinski definition) is 13. The molecule has 4 aromatic rings. The van der Waals surface area contributed by atoms with E-state index in [1.807, 2.05) is 66.7 Å². The molecule has 0 bridgehead atoms. The number of aromatic nitrogens is 1. The molecule has 0 fully saturated rings. The van der Waals surface area contributed by atoms with Gasteiger partial charge in [0.2, 0.25) is 23.6 Å². The van der Waals surface area contributed by atoms with Crippen LogP contribution < -0.4 is 37.6 Å². The lowest BCUT2D eigenvalue weighted by Gasteiger charge is -2.21. The smallest absolute Gasteiger partial charge is 0.407 e. The molecule has 0 radical (unpaired) electrons. The minimum atomic E-state index is -1.02. The van der Waals surface area contributed by atoms with Gasteiger partial charge in [0.25, 0.3) is 0 Å². The first kappa shape index (κ1) is 45.5. The third-order valence-corrected chi connectivity index (χ3v) is 12.5. The van der Waals surface area contributed by atoms with Crippen molar-refractivity contribution < 1.29 is 38.6 Å². The first-order chi connectivity index (χ1) is 30.0. The van der Waals surface area contributed by atoms with E-state index >= 15 is 0 Å². The molecule has 0 saturated heterocycles. The summed E-state index contributed by atoms with van der Waals surface area (Å²) in [6, 6.07) is 18.8. The third-order valence-electron chi connectivity index (χ3n) is 10.3. The van der Waals surface area contributed by atoms with Crippen molar-refractivity contribution in [2.45, 2.75) is 63.1 Å². The molecule has 5 amide bonds. The van der Waals surface area contributed by atoms with Gasteiger partial charge in [-0.15, -0.1) is 23.1 Å². The average molecular weight is 886 g/mol. The number of aliphatic carboxylic acids is 1. The zero-order chi connectivity index (χ0) is 44.0. The number of rotatable bonds is 22. The zero-order valence-corrected chi connectivity index (χ0v) is 35.9. The van der Waals surface area contributed by atoms with Gasteiger partial charge in [-0.2, -0.15) is 0 Å². The van der Waals surface area contributed by atoms with Crippen LogP contribution in [0.25, 0.3) is 21.3 Å². The number of alkyl carbamates (subject to hydrolysis) is 1. The molecule has 3 aromatic carbocycles. The number of carbonyl (C=O) groups is 6. The minimum Gasteiger partial charge on any atom is -0.480 e. The predicted octanol–water partition coefficient (Wildman–Crippen LogP) is 3.32. The SMILES string of the molecule is CC(=O)NCCCCC(NC(=O)CNC(=O)C(CCCN)NC(=O)OCC1c2ccccc2-c2ccccc21)C(=O)NCCNc1ccc2nc(C3=NC(C(=O)O)CS3)sc2c1. The lowest BCUT2D eigenvalue weighted by atomic mass is 9.98. The van der Waals surface area contributed by atoms with Crippen LogP contribution in [0.15, 0.2) is 71.7 Å². The quantitative estimate of drug-likeness (QED) is 0.0530. The van der Waals surface area contributed by atoms with Gasteiger partial charge in [-0.1, -0.05) is 48.5 Å². The molecule has 6 rings (SSSR count). The molecule has 62 heavy (non-hydrogen) atoms. The summed E-state index contributed by atoms with van der Waals surface area (Å²) in [5.74, 6) is -2.54. The van der Waals surface area contributed by atoms with Gasteiger partial charge in [-0.25, -0.2) is 14.6 Å². The number of nitrogens with one attached hydrogen (secondary N) is 6. The summed E-state index contributed by atoms with van der Waals surface area (Å²) in [4.78, 5) is 84.4. The molecule has 0 spiro atoms. The van der Waals surface area contributed by atoms with E-state index in [0.29, 0.717) is 48.2 Å². The fourth-order valence-corrected chi connectivity index (χ4v) is 9.28. The van der Waals surface area contributed by atoms with Crippen molar-refractivity contribution in [1.29, 1.82) is 0 Å². The molecule has 2 aliphatic rings. The summed E-state index contributed by atoms with van der Waals surface area (Å²) in [5, 5.41) is 27.3. The fourth-order valence-electron chi connectivity index (χ4n) is 7.17. The number of amides is 5. The van der Waals surface area contributed by atoms with Crippen molar-refractivity contribution in [3.05, 3.63) is 82.9 Å². The highest BCUT2D eigenvalue weighted by Gasteiger charge is 2.31. The van der Waals surface area contributed by atoms with E-state index in [1.165, 1.54) is 30.0 Å². The first-order valence-electron chi connectivity index (χ1n) is 20.5. The highest BCUT2D eigenvalue weighted by atomic mass is 32.2. The van der Waals surface area contributed by atoms with Gasteiger partial charge in [0.15, 0.2) is 6.04 Å². The van der Waals surface area contributed by atoms with Crippen LogP contribution in [0, 0.1) is 0 Å². The summed E-state index contributed by atoms with van der Waals surface area (Å²) in [6.45, 7) is 2.33. The number of thioether (sulfide) groups is 1. The maximum Gasteiger partial charge on any atom is 0.407 e. The Kier molecular flexibility index (Phi) is 16.3.